The summed E-state index contributed by atoms with van der Waals surface area (Å²) in [5.74, 6) is 0.749. The van der Waals surface area contributed by atoms with Gasteiger partial charge >= 0.3 is 0 Å². The zero-order valence-corrected chi connectivity index (χ0v) is 18.6. The van der Waals surface area contributed by atoms with Crippen molar-refractivity contribution in [2.45, 2.75) is 39.8 Å². The van der Waals surface area contributed by atoms with E-state index in [9.17, 15) is 9.59 Å². The summed E-state index contributed by atoms with van der Waals surface area (Å²) in [6, 6.07) is 15.2. The van der Waals surface area contributed by atoms with Crippen molar-refractivity contribution in [3.8, 4) is 0 Å². The lowest BCUT2D eigenvalue weighted by Gasteiger charge is -2.25. The number of hydrogen-bond donors (Lipinski definition) is 1. The van der Waals surface area contributed by atoms with E-state index < -0.39 is 0 Å². The lowest BCUT2D eigenvalue weighted by Crippen LogP contribution is -2.35. The molecule has 0 aliphatic heterocycles. The Morgan fingerprint density at radius 3 is 2.29 bits per heavy atom. The zero-order valence-electron chi connectivity index (χ0n) is 18.6. The molecule has 0 radical (unpaired) electrons. The molecule has 4 aromatic rings. The van der Waals surface area contributed by atoms with Gasteiger partial charge < -0.3 is 14.5 Å². The van der Waals surface area contributed by atoms with Gasteiger partial charge in [0.05, 0.1) is 22.6 Å². The maximum Gasteiger partial charge on any atom is 0.258 e. The van der Waals surface area contributed by atoms with Gasteiger partial charge in [0.15, 0.2) is 0 Å². The molecule has 0 aliphatic carbocycles. The van der Waals surface area contributed by atoms with Crippen molar-refractivity contribution < 1.29 is 4.79 Å². The fourth-order valence-corrected chi connectivity index (χ4v) is 4.17. The summed E-state index contributed by atoms with van der Waals surface area (Å²) in [5.41, 5.74) is 2.34. The predicted molar refractivity (Wildman–Crippen MR) is 124 cm³/mol. The molecule has 0 saturated carbocycles. The second-order valence-electron chi connectivity index (χ2n) is 8.62. The number of benzene rings is 2. The molecule has 0 bridgehead atoms. The van der Waals surface area contributed by atoms with E-state index in [0.717, 1.165) is 16.9 Å². The molecule has 0 spiro atoms. The van der Waals surface area contributed by atoms with E-state index in [-0.39, 0.29) is 29.5 Å². The van der Waals surface area contributed by atoms with Gasteiger partial charge in [-0.3, -0.25) is 9.59 Å². The maximum absolute atomic E-state index is 13.4. The van der Waals surface area contributed by atoms with Gasteiger partial charge in [0, 0.05) is 30.1 Å². The highest BCUT2D eigenvalue weighted by Gasteiger charge is 2.27. The van der Waals surface area contributed by atoms with E-state index in [0.29, 0.717) is 16.3 Å². The van der Waals surface area contributed by atoms with Crippen LogP contribution in [0.2, 0.25) is 0 Å². The van der Waals surface area contributed by atoms with Crippen LogP contribution in [0.25, 0.3) is 21.8 Å². The van der Waals surface area contributed by atoms with Gasteiger partial charge in [-0.15, -0.1) is 0 Å². The summed E-state index contributed by atoms with van der Waals surface area (Å²) in [5, 5.41) is 4.40. The third kappa shape index (κ3) is 3.63. The number of para-hydroxylation sites is 2. The monoisotopic (exact) mass is 416 g/mol. The van der Waals surface area contributed by atoms with Crippen molar-refractivity contribution in [2.75, 3.05) is 0 Å². The summed E-state index contributed by atoms with van der Waals surface area (Å²) >= 11 is 0. The van der Waals surface area contributed by atoms with Crippen LogP contribution in [-0.4, -0.2) is 20.0 Å². The molecule has 4 rings (SSSR count). The van der Waals surface area contributed by atoms with E-state index in [1.54, 1.807) is 19.3 Å². The van der Waals surface area contributed by atoms with Crippen molar-refractivity contribution in [2.24, 2.45) is 13.0 Å². The van der Waals surface area contributed by atoms with Crippen molar-refractivity contribution in [1.82, 2.24) is 19.4 Å². The standard InChI is InChI=1S/C25H28N4O2/c1-15(2)22(23-26-20-12-8-9-13-21(20)29(23)16(3)4)27-24(30)19-14-28(5)25(31)18-11-7-6-10-17(18)19/h6-16,22H,1-5H3,(H,27,30)/t22-/m0/s1. The molecule has 1 atom stereocenters. The van der Waals surface area contributed by atoms with Crippen LogP contribution >= 0.6 is 0 Å². The van der Waals surface area contributed by atoms with Crippen LogP contribution in [0.15, 0.2) is 59.5 Å². The summed E-state index contributed by atoms with van der Waals surface area (Å²) < 4.78 is 3.66. The molecule has 0 fully saturated rings. The number of carbonyl (C=O) groups is 1. The molecule has 1 amide bonds. The Labute approximate surface area is 181 Å². The first-order valence-electron chi connectivity index (χ1n) is 10.7. The fourth-order valence-electron chi connectivity index (χ4n) is 4.17. The number of fused-ring (bicyclic) bond motifs is 2. The van der Waals surface area contributed by atoms with Gasteiger partial charge in [0.2, 0.25) is 0 Å². The Hall–Kier alpha value is -3.41. The number of imidazole rings is 1. The summed E-state index contributed by atoms with van der Waals surface area (Å²) in [4.78, 5) is 30.8. The Morgan fingerprint density at radius 1 is 0.968 bits per heavy atom. The van der Waals surface area contributed by atoms with Gasteiger partial charge in [-0.05, 0) is 38.0 Å². The highest BCUT2D eigenvalue weighted by Crippen LogP contribution is 2.29. The maximum atomic E-state index is 13.4. The van der Waals surface area contributed by atoms with Crippen LogP contribution in [0.4, 0.5) is 0 Å². The molecule has 2 aromatic heterocycles. The van der Waals surface area contributed by atoms with Gasteiger partial charge in [0.1, 0.15) is 5.82 Å². The van der Waals surface area contributed by atoms with Crippen molar-refractivity contribution in [3.05, 3.63) is 76.5 Å². The Balaban J connectivity index is 1.81. The zero-order chi connectivity index (χ0) is 22.3. The molecule has 31 heavy (non-hydrogen) atoms. The molecular formula is C25H28N4O2. The number of nitrogens with zero attached hydrogens (tertiary/aromatic N) is 3. The average molecular weight is 417 g/mol. The number of amides is 1. The minimum Gasteiger partial charge on any atom is -0.342 e. The minimum atomic E-state index is -0.279. The number of hydrogen-bond acceptors (Lipinski definition) is 3. The van der Waals surface area contributed by atoms with Crippen LogP contribution in [0.5, 0.6) is 0 Å². The molecule has 160 valence electrons. The van der Waals surface area contributed by atoms with Gasteiger partial charge in [-0.2, -0.15) is 0 Å². The molecule has 2 aromatic carbocycles. The highest BCUT2D eigenvalue weighted by atomic mass is 16.2. The second kappa shape index (κ2) is 8.02. The minimum absolute atomic E-state index is 0.117. The number of rotatable bonds is 5. The third-order valence-electron chi connectivity index (χ3n) is 5.71. The van der Waals surface area contributed by atoms with E-state index >= 15 is 0 Å². The molecular weight excluding hydrogens is 388 g/mol. The number of nitrogens with one attached hydrogen (secondary N) is 1. The van der Waals surface area contributed by atoms with Crippen molar-refractivity contribution >= 4 is 27.7 Å². The molecule has 6 nitrogen and oxygen atoms in total. The van der Waals surface area contributed by atoms with Gasteiger partial charge in [0.25, 0.3) is 11.5 Å². The SMILES string of the molecule is CC(C)[C@H](NC(=O)c1cn(C)c(=O)c2ccccc12)c1nc2ccccc2n1C(C)C. The number of pyridine rings is 1. The van der Waals surface area contributed by atoms with Gasteiger partial charge in [-0.25, -0.2) is 4.98 Å². The Morgan fingerprint density at radius 2 is 1.61 bits per heavy atom. The second-order valence-corrected chi connectivity index (χ2v) is 8.62. The van der Waals surface area contributed by atoms with E-state index in [2.05, 4.69) is 43.6 Å². The first-order chi connectivity index (χ1) is 14.8. The third-order valence-corrected chi connectivity index (χ3v) is 5.71. The fraction of sp³-hybridized carbons (Fsp3) is 0.320. The highest BCUT2D eigenvalue weighted by molar-refractivity contribution is 6.06. The summed E-state index contributed by atoms with van der Waals surface area (Å²) in [6.07, 6.45) is 1.61. The Kier molecular flexibility index (Phi) is 5.39. The first kappa shape index (κ1) is 20.8. The Bertz CT molecular complexity index is 1330. The lowest BCUT2D eigenvalue weighted by atomic mass is 10.0. The van der Waals surface area contributed by atoms with Gasteiger partial charge in [-0.1, -0.05) is 44.2 Å². The average Bonchev–Trinajstić information content (AvgIpc) is 3.13. The van der Waals surface area contributed by atoms with E-state index in [1.807, 2.05) is 36.4 Å². The molecule has 6 heteroatoms. The van der Waals surface area contributed by atoms with Crippen LogP contribution in [-0.2, 0) is 7.05 Å². The molecule has 0 unspecified atom stereocenters. The predicted octanol–water partition coefficient (Wildman–Crippen LogP) is 4.60. The molecule has 0 aliphatic rings. The van der Waals surface area contributed by atoms with Crippen LogP contribution in [0, 0.1) is 5.92 Å². The molecule has 0 saturated heterocycles. The smallest absolute Gasteiger partial charge is 0.258 e. The van der Waals surface area contributed by atoms with Crippen LogP contribution < -0.4 is 10.9 Å². The quantitative estimate of drug-likeness (QED) is 0.517. The van der Waals surface area contributed by atoms with E-state index in [4.69, 9.17) is 4.98 Å². The normalized spacial score (nSPS) is 12.7. The first-order valence-corrected chi connectivity index (χ1v) is 10.7. The van der Waals surface area contributed by atoms with Crippen LogP contribution in [0.3, 0.4) is 0 Å². The summed E-state index contributed by atoms with van der Waals surface area (Å²) in [7, 11) is 1.67. The summed E-state index contributed by atoms with van der Waals surface area (Å²) in [6.45, 7) is 8.40. The van der Waals surface area contributed by atoms with Crippen molar-refractivity contribution in [3.63, 3.8) is 0 Å². The molecule has 1 N–H and O–H groups in total. The largest absolute Gasteiger partial charge is 0.342 e. The lowest BCUT2D eigenvalue weighted by molar-refractivity contribution is 0.0922. The number of aryl methyl sites for hydroxylation is 1. The number of aromatic nitrogens is 3. The molecule has 2 heterocycles. The number of carbonyl (C=O) groups excluding carboxylic acids is 1. The topological polar surface area (TPSA) is 68.9 Å². The van der Waals surface area contributed by atoms with E-state index in [1.165, 1.54) is 4.57 Å². The van der Waals surface area contributed by atoms with Crippen molar-refractivity contribution in [1.29, 1.82) is 0 Å². The van der Waals surface area contributed by atoms with Crippen LogP contribution in [0.1, 0.15) is 56.0 Å².